The van der Waals surface area contributed by atoms with E-state index in [9.17, 15) is 4.79 Å². The Morgan fingerprint density at radius 1 is 1.55 bits per heavy atom. The molecule has 0 aliphatic carbocycles. The molecule has 0 aromatic rings. The van der Waals surface area contributed by atoms with Gasteiger partial charge >= 0.3 is 0 Å². The predicted octanol–water partition coefficient (Wildman–Crippen LogP) is 1.06. The van der Waals surface area contributed by atoms with Gasteiger partial charge in [0.05, 0.1) is 6.04 Å². The topological polar surface area (TPSA) is 20.3 Å². The van der Waals surface area contributed by atoms with Crippen molar-refractivity contribution in [3.63, 3.8) is 0 Å². The molecule has 2 heteroatoms. The molecule has 0 aromatic heterocycles. The molecule has 11 heavy (non-hydrogen) atoms. The molecule has 2 nitrogen and oxygen atoms in total. The van der Waals surface area contributed by atoms with Gasteiger partial charge in [0.1, 0.15) is 0 Å². The number of carbonyl (C=O) groups is 1. The maximum atomic E-state index is 11.4. The lowest BCUT2D eigenvalue weighted by Crippen LogP contribution is -2.37. The van der Waals surface area contributed by atoms with Crippen molar-refractivity contribution in [2.75, 3.05) is 7.05 Å². The Labute approximate surface area is 67.6 Å². The van der Waals surface area contributed by atoms with Gasteiger partial charge in [-0.25, -0.2) is 0 Å². The van der Waals surface area contributed by atoms with Crippen LogP contribution in [-0.4, -0.2) is 29.8 Å². The van der Waals surface area contributed by atoms with Crippen LogP contribution in [0.5, 0.6) is 0 Å². The van der Waals surface area contributed by atoms with Crippen LogP contribution in [0.4, 0.5) is 0 Å². The summed E-state index contributed by atoms with van der Waals surface area (Å²) in [6.07, 6.45) is 1.99. The average molecular weight is 153 g/mol. The number of likely N-dealkylation sites (N-methyl/N-ethyl adjacent to an activating group) is 1. The fourth-order valence-corrected chi connectivity index (χ4v) is 2.85. The summed E-state index contributed by atoms with van der Waals surface area (Å²) in [5.41, 5.74) is 0.231. The summed E-state index contributed by atoms with van der Waals surface area (Å²) in [6.45, 7) is 4.40. The van der Waals surface area contributed by atoms with Gasteiger partial charge in [-0.15, -0.1) is 0 Å². The first-order chi connectivity index (χ1) is 5.02. The minimum Gasteiger partial charge on any atom is -0.298 e. The lowest BCUT2D eigenvalue weighted by molar-refractivity contribution is -0.122. The Bertz CT molecular complexity index is 210. The Hall–Kier alpha value is -0.370. The zero-order valence-electron chi connectivity index (χ0n) is 7.42. The maximum absolute atomic E-state index is 11.4. The second-order valence-electron chi connectivity index (χ2n) is 4.58. The predicted molar refractivity (Wildman–Crippen MR) is 43.4 cm³/mol. The molecule has 2 fully saturated rings. The van der Waals surface area contributed by atoms with Crippen LogP contribution in [0, 0.1) is 5.41 Å². The highest BCUT2D eigenvalue weighted by Crippen LogP contribution is 2.46. The summed E-state index contributed by atoms with van der Waals surface area (Å²) in [7, 11) is 2.08. The number of hydrogen-bond donors (Lipinski definition) is 0. The summed E-state index contributed by atoms with van der Waals surface area (Å²) < 4.78 is 0. The minimum absolute atomic E-state index is 0.215. The molecule has 2 aliphatic rings. The minimum atomic E-state index is 0.215. The molecule has 0 unspecified atom stereocenters. The molecule has 0 spiro atoms. The van der Waals surface area contributed by atoms with E-state index in [-0.39, 0.29) is 11.5 Å². The Balaban J connectivity index is 2.34. The van der Waals surface area contributed by atoms with Gasteiger partial charge in [0.25, 0.3) is 0 Å². The maximum Gasteiger partial charge on any atom is 0.152 e. The molecule has 0 amide bonds. The molecule has 2 bridgehead atoms. The number of rotatable bonds is 0. The Kier molecular flexibility index (Phi) is 1.23. The van der Waals surface area contributed by atoms with Crippen molar-refractivity contribution in [1.82, 2.24) is 4.90 Å². The van der Waals surface area contributed by atoms with Crippen molar-refractivity contribution in [2.45, 2.75) is 38.8 Å². The van der Waals surface area contributed by atoms with E-state index in [0.717, 1.165) is 6.42 Å². The largest absolute Gasteiger partial charge is 0.298 e. The van der Waals surface area contributed by atoms with Gasteiger partial charge in [0.15, 0.2) is 5.78 Å². The lowest BCUT2D eigenvalue weighted by Gasteiger charge is -2.27. The van der Waals surface area contributed by atoms with E-state index in [1.807, 2.05) is 0 Å². The SMILES string of the molecule is CN1[C@@H]2CC(=O)[C@H]1C(C)(C)C2. The van der Waals surface area contributed by atoms with Gasteiger partial charge < -0.3 is 0 Å². The molecule has 2 atom stereocenters. The number of hydrogen-bond acceptors (Lipinski definition) is 2. The number of ketones is 1. The number of carbonyl (C=O) groups excluding carboxylic acids is 1. The van der Waals surface area contributed by atoms with Gasteiger partial charge in [-0.05, 0) is 18.9 Å². The first-order valence-electron chi connectivity index (χ1n) is 4.27. The first kappa shape index (κ1) is 7.29. The fourth-order valence-electron chi connectivity index (χ4n) is 2.85. The van der Waals surface area contributed by atoms with Crippen LogP contribution in [-0.2, 0) is 4.79 Å². The smallest absolute Gasteiger partial charge is 0.152 e. The molecule has 0 N–H and O–H groups in total. The first-order valence-corrected chi connectivity index (χ1v) is 4.27. The third-order valence-corrected chi connectivity index (χ3v) is 3.23. The van der Waals surface area contributed by atoms with Crippen molar-refractivity contribution in [3.05, 3.63) is 0 Å². The molecule has 2 heterocycles. The lowest BCUT2D eigenvalue weighted by atomic mass is 9.77. The highest BCUT2D eigenvalue weighted by molar-refractivity contribution is 5.88. The molecular formula is C9H15NO. The van der Waals surface area contributed by atoms with Crippen LogP contribution in [0.2, 0.25) is 0 Å². The van der Waals surface area contributed by atoms with Crippen molar-refractivity contribution < 1.29 is 4.79 Å². The molecule has 2 aliphatic heterocycles. The van der Waals surface area contributed by atoms with Crippen molar-refractivity contribution in [2.24, 2.45) is 5.41 Å². The van der Waals surface area contributed by atoms with E-state index in [1.165, 1.54) is 6.42 Å². The number of Topliss-reactive ketones (excluding diaryl/α,β-unsaturated/α-hetero) is 1. The van der Waals surface area contributed by atoms with E-state index in [1.54, 1.807) is 0 Å². The standard InChI is InChI=1S/C9H15NO/c1-9(2)5-6-4-7(11)8(9)10(6)3/h6,8H,4-5H2,1-3H3/t6-,8+/m1/s1. The normalized spacial score (nSPS) is 41.9. The Morgan fingerprint density at radius 2 is 2.18 bits per heavy atom. The van der Waals surface area contributed by atoms with Crippen LogP contribution in [0.3, 0.4) is 0 Å². The second kappa shape index (κ2) is 1.86. The molecule has 0 saturated carbocycles. The van der Waals surface area contributed by atoms with E-state index in [4.69, 9.17) is 0 Å². The van der Waals surface area contributed by atoms with Crippen LogP contribution in [0.15, 0.2) is 0 Å². The van der Waals surface area contributed by atoms with Crippen LogP contribution >= 0.6 is 0 Å². The van der Waals surface area contributed by atoms with Crippen LogP contribution < -0.4 is 0 Å². The van der Waals surface area contributed by atoms with Crippen LogP contribution in [0.25, 0.3) is 0 Å². The van der Waals surface area contributed by atoms with E-state index in [2.05, 4.69) is 25.8 Å². The summed E-state index contributed by atoms with van der Waals surface area (Å²) in [5.74, 6) is 0.453. The van der Waals surface area contributed by atoms with Crippen molar-refractivity contribution >= 4 is 5.78 Å². The molecule has 0 aromatic carbocycles. The van der Waals surface area contributed by atoms with Gasteiger partial charge in [-0.2, -0.15) is 0 Å². The zero-order chi connectivity index (χ0) is 8.22. The van der Waals surface area contributed by atoms with Crippen LogP contribution in [0.1, 0.15) is 26.7 Å². The second-order valence-corrected chi connectivity index (χ2v) is 4.58. The van der Waals surface area contributed by atoms with E-state index in [0.29, 0.717) is 11.8 Å². The van der Waals surface area contributed by atoms with E-state index >= 15 is 0 Å². The van der Waals surface area contributed by atoms with E-state index < -0.39 is 0 Å². The number of fused-ring (bicyclic) bond motifs is 2. The number of nitrogens with zero attached hydrogens (tertiary/aromatic N) is 1. The summed E-state index contributed by atoms with van der Waals surface area (Å²) in [6, 6.07) is 0.759. The zero-order valence-corrected chi connectivity index (χ0v) is 7.42. The molecular weight excluding hydrogens is 138 g/mol. The molecule has 2 rings (SSSR count). The van der Waals surface area contributed by atoms with Crippen molar-refractivity contribution in [1.29, 1.82) is 0 Å². The van der Waals surface area contributed by atoms with Crippen molar-refractivity contribution in [3.8, 4) is 0 Å². The monoisotopic (exact) mass is 153 g/mol. The fraction of sp³-hybridized carbons (Fsp3) is 0.889. The van der Waals surface area contributed by atoms with Gasteiger partial charge in [-0.1, -0.05) is 13.8 Å². The molecule has 0 radical (unpaired) electrons. The van der Waals surface area contributed by atoms with Gasteiger partial charge in [0.2, 0.25) is 0 Å². The Morgan fingerprint density at radius 3 is 2.45 bits per heavy atom. The quantitative estimate of drug-likeness (QED) is 0.518. The summed E-state index contributed by atoms with van der Waals surface area (Å²) in [5, 5.41) is 0. The third-order valence-electron chi connectivity index (χ3n) is 3.23. The average Bonchev–Trinajstić information content (AvgIpc) is 2.16. The van der Waals surface area contributed by atoms with Gasteiger partial charge in [-0.3, -0.25) is 9.69 Å². The summed E-state index contributed by atoms with van der Waals surface area (Å²) in [4.78, 5) is 13.7. The molecule has 2 saturated heterocycles. The highest BCUT2D eigenvalue weighted by atomic mass is 16.1. The summed E-state index contributed by atoms with van der Waals surface area (Å²) >= 11 is 0. The third kappa shape index (κ3) is 0.791. The van der Waals surface area contributed by atoms with Gasteiger partial charge in [0, 0.05) is 12.5 Å². The molecule has 62 valence electrons. The highest BCUT2D eigenvalue weighted by Gasteiger charge is 2.53.